The van der Waals surface area contributed by atoms with Gasteiger partial charge in [-0.1, -0.05) is 62.9 Å². The molecule has 124 valence electrons. The van der Waals surface area contributed by atoms with Gasteiger partial charge in [0.15, 0.2) is 5.78 Å². The SMILES string of the molecule is CCCCC=CCCCCCCCC(O)=C1C(=O)CSC1=O. The number of hydrogen-bond acceptors (Lipinski definition) is 4. The summed E-state index contributed by atoms with van der Waals surface area (Å²) in [5.41, 5.74) is 0.0437. The number of allylic oxidation sites excluding steroid dienone is 3. The molecule has 0 aromatic rings. The van der Waals surface area contributed by atoms with E-state index in [0.29, 0.717) is 6.42 Å². The van der Waals surface area contributed by atoms with Crippen LogP contribution >= 0.6 is 11.8 Å². The van der Waals surface area contributed by atoms with Gasteiger partial charge in [0.25, 0.3) is 0 Å². The number of carbonyl (C=O) groups is 2. The first kappa shape index (κ1) is 19.0. The van der Waals surface area contributed by atoms with E-state index in [2.05, 4.69) is 19.1 Å². The maximum absolute atomic E-state index is 11.5. The molecular weight excluding hydrogens is 296 g/mol. The van der Waals surface area contributed by atoms with Gasteiger partial charge in [-0.3, -0.25) is 9.59 Å². The first-order chi connectivity index (χ1) is 10.7. The van der Waals surface area contributed by atoms with Gasteiger partial charge in [0.2, 0.25) is 5.12 Å². The molecule has 1 heterocycles. The molecule has 4 heteroatoms. The largest absolute Gasteiger partial charge is 0.511 e. The summed E-state index contributed by atoms with van der Waals surface area (Å²) in [4.78, 5) is 22.9. The minimum Gasteiger partial charge on any atom is -0.511 e. The van der Waals surface area contributed by atoms with Gasteiger partial charge in [-0.05, 0) is 25.7 Å². The highest BCUT2D eigenvalue weighted by Gasteiger charge is 2.30. The lowest BCUT2D eigenvalue weighted by Crippen LogP contribution is -2.05. The van der Waals surface area contributed by atoms with Gasteiger partial charge in [0.05, 0.1) is 5.75 Å². The number of Topliss-reactive ketones (excluding diaryl/α,β-unsaturated/α-hetero) is 1. The van der Waals surface area contributed by atoms with Crippen LogP contribution in [0.1, 0.15) is 71.1 Å². The van der Waals surface area contributed by atoms with Crippen LogP contribution in [0.3, 0.4) is 0 Å². The fraction of sp³-hybridized carbons (Fsp3) is 0.667. The number of rotatable bonds is 11. The Morgan fingerprint density at radius 2 is 1.68 bits per heavy atom. The second-order valence-corrected chi connectivity index (χ2v) is 6.69. The fourth-order valence-electron chi connectivity index (χ4n) is 2.44. The van der Waals surface area contributed by atoms with Crippen molar-refractivity contribution in [2.24, 2.45) is 0 Å². The van der Waals surface area contributed by atoms with E-state index < -0.39 is 0 Å². The quantitative estimate of drug-likeness (QED) is 0.188. The minimum absolute atomic E-state index is 0.00106. The average Bonchev–Trinajstić information content (AvgIpc) is 2.83. The standard InChI is InChI=1S/C18H28O3S/c1-2-3-4-5-6-7-8-9-10-11-12-13-15(19)17-16(20)14-22-18(17)21/h5-6,19H,2-4,7-14H2,1H3. The van der Waals surface area contributed by atoms with Crippen LogP contribution in [0.25, 0.3) is 0 Å². The van der Waals surface area contributed by atoms with Crippen molar-refractivity contribution in [1.29, 1.82) is 0 Å². The number of thioether (sulfide) groups is 1. The summed E-state index contributed by atoms with van der Waals surface area (Å²) in [6.45, 7) is 2.21. The average molecular weight is 324 g/mol. The second kappa shape index (κ2) is 11.5. The molecule has 0 amide bonds. The highest BCUT2D eigenvalue weighted by Crippen LogP contribution is 2.26. The zero-order chi connectivity index (χ0) is 16.2. The van der Waals surface area contributed by atoms with Crippen LogP contribution in [-0.2, 0) is 9.59 Å². The zero-order valence-electron chi connectivity index (χ0n) is 13.6. The number of unbranched alkanes of at least 4 members (excludes halogenated alkanes) is 7. The molecule has 0 saturated carbocycles. The van der Waals surface area contributed by atoms with E-state index in [9.17, 15) is 14.7 Å². The van der Waals surface area contributed by atoms with Crippen molar-refractivity contribution in [2.75, 3.05) is 5.75 Å². The van der Waals surface area contributed by atoms with Crippen LogP contribution < -0.4 is 0 Å². The number of hydrogen-bond donors (Lipinski definition) is 1. The number of aliphatic hydroxyl groups excluding tert-OH is 1. The van der Waals surface area contributed by atoms with E-state index >= 15 is 0 Å². The maximum atomic E-state index is 11.5. The number of carbonyl (C=O) groups excluding carboxylic acids is 2. The van der Waals surface area contributed by atoms with Gasteiger partial charge < -0.3 is 5.11 Å². The van der Waals surface area contributed by atoms with Crippen LogP contribution in [-0.4, -0.2) is 21.8 Å². The molecule has 1 rings (SSSR count). The lowest BCUT2D eigenvalue weighted by Gasteiger charge is -2.03. The first-order valence-corrected chi connectivity index (χ1v) is 9.42. The third-order valence-electron chi connectivity index (χ3n) is 3.78. The Morgan fingerprint density at radius 3 is 2.32 bits per heavy atom. The molecule has 22 heavy (non-hydrogen) atoms. The van der Waals surface area contributed by atoms with Gasteiger partial charge >= 0.3 is 0 Å². The Balaban J connectivity index is 2.04. The summed E-state index contributed by atoms with van der Waals surface area (Å²) >= 11 is 0.989. The molecular formula is C18H28O3S. The maximum Gasteiger partial charge on any atom is 0.226 e. The summed E-state index contributed by atoms with van der Waals surface area (Å²) in [6.07, 6.45) is 15.3. The molecule has 1 saturated heterocycles. The Bertz CT molecular complexity index is 406. The van der Waals surface area contributed by atoms with Crippen molar-refractivity contribution in [3.63, 3.8) is 0 Å². The van der Waals surface area contributed by atoms with Crippen LogP contribution in [0.15, 0.2) is 23.5 Å². The Morgan fingerprint density at radius 1 is 1.05 bits per heavy atom. The Labute approximate surface area is 138 Å². The van der Waals surface area contributed by atoms with Crippen molar-refractivity contribution < 1.29 is 14.7 Å². The first-order valence-electron chi connectivity index (χ1n) is 8.44. The van der Waals surface area contributed by atoms with Gasteiger partial charge in [-0.25, -0.2) is 0 Å². The molecule has 0 bridgehead atoms. The summed E-state index contributed by atoms with van der Waals surface area (Å²) in [5.74, 6) is -0.0366. The van der Waals surface area contributed by atoms with Crippen molar-refractivity contribution in [2.45, 2.75) is 71.1 Å². The number of aliphatic hydroxyl groups is 1. The molecule has 0 radical (unpaired) electrons. The minimum atomic E-state index is -0.266. The Kier molecular flexibility index (Phi) is 9.96. The highest BCUT2D eigenvalue weighted by molar-refractivity contribution is 8.15. The van der Waals surface area contributed by atoms with Crippen molar-refractivity contribution in [1.82, 2.24) is 0 Å². The molecule has 0 spiro atoms. The predicted octanol–water partition coefficient (Wildman–Crippen LogP) is 5.12. The van der Waals surface area contributed by atoms with Crippen LogP contribution in [0.4, 0.5) is 0 Å². The summed E-state index contributed by atoms with van der Waals surface area (Å²) in [6, 6.07) is 0. The van der Waals surface area contributed by atoms with Gasteiger partial charge in [0, 0.05) is 6.42 Å². The lowest BCUT2D eigenvalue weighted by atomic mass is 10.1. The molecule has 0 atom stereocenters. The molecule has 0 aromatic heterocycles. The Hall–Kier alpha value is -1.03. The summed E-state index contributed by atoms with van der Waals surface area (Å²) in [5, 5.41) is 9.58. The molecule has 0 unspecified atom stereocenters. The monoisotopic (exact) mass is 324 g/mol. The van der Waals surface area contributed by atoms with Gasteiger partial charge in [0.1, 0.15) is 11.3 Å². The van der Waals surface area contributed by atoms with E-state index in [1.165, 1.54) is 32.1 Å². The van der Waals surface area contributed by atoms with E-state index in [0.717, 1.165) is 37.4 Å². The van der Waals surface area contributed by atoms with Gasteiger partial charge in [-0.2, -0.15) is 0 Å². The van der Waals surface area contributed by atoms with E-state index in [1.54, 1.807) is 0 Å². The third-order valence-corrected chi connectivity index (χ3v) is 4.65. The van der Waals surface area contributed by atoms with Crippen LogP contribution in [0, 0.1) is 0 Å². The molecule has 0 aromatic carbocycles. The lowest BCUT2D eigenvalue weighted by molar-refractivity contribution is -0.115. The summed E-state index contributed by atoms with van der Waals surface area (Å²) in [7, 11) is 0. The van der Waals surface area contributed by atoms with Crippen molar-refractivity contribution in [3.8, 4) is 0 Å². The van der Waals surface area contributed by atoms with Crippen LogP contribution in [0.5, 0.6) is 0 Å². The molecule has 0 aliphatic carbocycles. The topological polar surface area (TPSA) is 54.4 Å². The third kappa shape index (κ3) is 7.30. The van der Waals surface area contributed by atoms with Crippen molar-refractivity contribution >= 4 is 22.7 Å². The smallest absolute Gasteiger partial charge is 0.226 e. The van der Waals surface area contributed by atoms with Crippen molar-refractivity contribution in [3.05, 3.63) is 23.5 Å². The van der Waals surface area contributed by atoms with E-state index in [1.807, 2.05) is 0 Å². The molecule has 3 nitrogen and oxygen atoms in total. The second-order valence-electron chi connectivity index (χ2n) is 5.74. The fourth-order valence-corrected chi connectivity index (χ4v) is 3.22. The molecule has 1 aliphatic heterocycles. The predicted molar refractivity (Wildman–Crippen MR) is 93.1 cm³/mol. The van der Waals surface area contributed by atoms with Crippen LogP contribution in [0.2, 0.25) is 0 Å². The zero-order valence-corrected chi connectivity index (χ0v) is 14.4. The normalized spacial score (nSPS) is 17.7. The summed E-state index contributed by atoms with van der Waals surface area (Å²) < 4.78 is 0. The number of ketones is 1. The van der Waals surface area contributed by atoms with E-state index in [-0.39, 0.29) is 28.0 Å². The molecule has 1 aliphatic rings. The molecule has 1 N–H and O–H groups in total. The van der Waals surface area contributed by atoms with Gasteiger partial charge in [-0.15, -0.1) is 0 Å². The van der Waals surface area contributed by atoms with E-state index in [4.69, 9.17) is 0 Å². The highest BCUT2D eigenvalue weighted by atomic mass is 32.2. The molecule has 1 fully saturated rings.